The minimum atomic E-state index is 1.19. The highest BCUT2D eigenvalue weighted by molar-refractivity contribution is 4.47. The first kappa shape index (κ1) is 12.9. The molecule has 0 saturated heterocycles. The van der Waals surface area contributed by atoms with Crippen molar-refractivity contribution in [2.45, 2.75) is 45.4 Å². The van der Waals surface area contributed by atoms with E-state index in [1.807, 2.05) is 0 Å². The number of unbranched alkanes of at least 4 members (excludes halogenated alkanes) is 5. The molecular formula is C11H26N2. The number of nitrogens with zero attached hydrogens (tertiary/aromatic N) is 2. The monoisotopic (exact) mass is 186 g/mol. The standard InChI is InChI=1S/C11H26N2/c1-5-6-7-8-9-10-11-13(4)12(2)3/h5-11H2,1-4H3. The van der Waals surface area contributed by atoms with Gasteiger partial charge in [-0.25, -0.2) is 10.0 Å². The molecular weight excluding hydrogens is 160 g/mol. The smallest absolute Gasteiger partial charge is 0.0130 e. The van der Waals surface area contributed by atoms with Gasteiger partial charge in [0.15, 0.2) is 0 Å². The van der Waals surface area contributed by atoms with Crippen molar-refractivity contribution in [2.75, 3.05) is 27.7 Å². The molecule has 0 spiro atoms. The van der Waals surface area contributed by atoms with Gasteiger partial charge in [-0.2, -0.15) is 0 Å². The van der Waals surface area contributed by atoms with Gasteiger partial charge in [0.05, 0.1) is 0 Å². The van der Waals surface area contributed by atoms with Crippen LogP contribution in [0.15, 0.2) is 0 Å². The lowest BCUT2D eigenvalue weighted by molar-refractivity contribution is 0.0543. The molecule has 2 heteroatoms. The van der Waals surface area contributed by atoms with Crippen LogP contribution < -0.4 is 0 Å². The van der Waals surface area contributed by atoms with Crippen molar-refractivity contribution in [1.82, 2.24) is 10.0 Å². The van der Waals surface area contributed by atoms with E-state index in [4.69, 9.17) is 0 Å². The second-order valence-electron chi connectivity index (χ2n) is 4.00. The van der Waals surface area contributed by atoms with Gasteiger partial charge in [-0.05, 0) is 6.42 Å². The zero-order valence-electron chi connectivity index (χ0n) is 9.84. The maximum atomic E-state index is 2.26. The summed E-state index contributed by atoms with van der Waals surface area (Å²) in [6.45, 7) is 3.46. The fraction of sp³-hybridized carbons (Fsp3) is 1.00. The quantitative estimate of drug-likeness (QED) is 0.425. The lowest BCUT2D eigenvalue weighted by Gasteiger charge is -2.23. The summed E-state index contributed by atoms with van der Waals surface area (Å²) in [7, 11) is 6.33. The van der Waals surface area contributed by atoms with E-state index in [0.717, 1.165) is 0 Å². The summed E-state index contributed by atoms with van der Waals surface area (Å²) in [6.07, 6.45) is 8.30. The number of hydrogen-bond acceptors (Lipinski definition) is 2. The average molecular weight is 186 g/mol. The van der Waals surface area contributed by atoms with E-state index in [1.54, 1.807) is 0 Å². The predicted octanol–water partition coefficient (Wildman–Crippen LogP) is 2.76. The highest BCUT2D eigenvalue weighted by Gasteiger charge is 1.98. The number of rotatable bonds is 8. The first-order valence-electron chi connectivity index (χ1n) is 5.56. The Labute approximate surface area is 83.9 Å². The molecule has 80 valence electrons. The van der Waals surface area contributed by atoms with E-state index in [0.29, 0.717) is 0 Å². The topological polar surface area (TPSA) is 6.48 Å². The van der Waals surface area contributed by atoms with Crippen LogP contribution in [0.4, 0.5) is 0 Å². The molecule has 0 amide bonds. The number of hydrogen-bond donors (Lipinski definition) is 0. The summed E-state index contributed by atoms with van der Waals surface area (Å²) >= 11 is 0. The molecule has 0 aliphatic rings. The lowest BCUT2D eigenvalue weighted by atomic mass is 10.1. The largest absolute Gasteiger partial charge is 0.248 e. The average Bonchev–Trinajstić information content (AvgIpc) is 2.10. The molecule has 0 aromatic rings. The highest BCUT2D eigenvalue weighted by Crippen LogP contribution is 2.05. The summed E-state index contributed by atoms with van der Waals surface area (Å²) in [4.78, 5) is 0. The Hall–Kier alpha value is -0.0800. The predicted molar refractivity (Wildman–Crippen MR) is 59.7 cm³/mol. The lowest BCUT2D eigenvalue weighted by Crippen LogP contribution is -2.33. The van der Waals surface area contributed by atoms with E-state index in [9.17, 15) is 0 Å². The Morgan fingerprint density at radius 1 is 0.769 bits per heavy atom. The Kier molecular flexibility index (Phi) is 8.46. The van der Waals surface area contributed by atoms with Gasteiger partial charge in [0.1, 0.15) is 0 Å². The molecule has 2 nitrogen and oxygen atoms in total. The second kappa shape index (κ2) is 8.52. The van der Waals surface area contributed by atoms with Crippen molar-refractivity contribution in [1.29, 1.82) is 0 Å². The molecule has 0 rings (SSSR count). The van der Waals surface area contributed by atoms with Crippen molar-refractivity contribution < 1.29 is 0 Å². The van der Waals surface area contributed by atoms with Crippen molar-refractivity contribution in [3.63, 3.8) is 0 Å². The van der Waals surface area contributed by atoms with Crippen molar-refractivity contribution in [3.05, 3.63) is 0 Å². The minimum Gasteiger partial charge on any atom is -0.248 e. The van der Waals surface area contributed by atoms with Crippen molar-refractivity contribution in [3.8, 4) is 0 Å². The highest BCUT2D eigenvalue weighted by atomic mass is 15.6. The molecule has 0 aromatic heterocycles. The van der Waals surface area contributed by atoms with Crippen LogP contribution in [0.2, 0.25) is 0 Å². The molecule has 0 aromatic carbocycles. The third kappa shape index (κ3) is 8.26. The fourth-order valence-corrected chi connectivity index (χ4v) is 1.32. The van der Waals surface area contributed by atoms with Crippen molar-refractivity contribution >= 4 is 0 Å². The Morgan fingerprint density at radius 2 is 1.31 bits per heavy atom. The molecule has 0 saturated carbocycles. The van der Waals surface area contributed by atoms with Crippen LogP contribution >= 0.6 is 0 Å². The van der Waals surface area contributed by atoms with E-state index in [-0.39, 0.29) is 0 Å². The first-order valence-corrected chi connectivity index (χ1v) is 5.56. The maximum Gasteiger partial charge on any atom is 0.0130 e. The second-order valence-corrected chi connectivity index (χ2v) is 4.00. The van der Waals surface area contributed by atoms with Crippen LogP contribution in [0.5, 0.6) is 0 Å². The normalized spacial score (nSPS) is 11.5. The van der Waals surface area contributed by atoms with Gasteiger partial charge in [0.2, 0.25) is 0 Å². The Morgan fingerprint density at radius 3 is 1.85 bits per heavy atom. The minimum absolute atomic E-state index is 1.19. The molecule has 0 aliphatic carbocycles. The van der Waals surface area contributed by atoms with E-state index < -0.39 is 0 Å². The molecule has 0 bridgehead atoms. The van der Waals surface area contributed by atoms with Gasteiger partial charge in [-0.15, -0.1) is 0 Å². The van der Waals surface area contributed by atoms with E-state index >= 15 is 0 Å². The molecule has 0 N–H and O–H groups in total. The molecule has 0 fully saturated rings. The molecule has 0 aliphatic heterocycles. The summed E-state index contributed by atoms with van der Waals surface area (Å²) < 4.78 is 0. The van der Waals surface area contributed by atoms with Gasteiger partial charge in [-0.1, -0.05) is 39.0 Å². The Bertz CT molecular complexity index is 102. The van der Waals surface area contributed by atoms with Crippen LogP contribution in [0, 0.1) is 0 Å². The van der Waals surface area contributed by atoms with E-state index in [1.165, 1.54) is 45.1 Å². The summed E-state index contributed by atoms with van der Waals surface area (Å²) in [5.74, 6) is 0. The zero-order valence-corrected chi connectivity index (χ0v) is 9.84. The summed E-state index contributed by atoms with van der Waals surface area (Å²) in [5.41, 5.74) is 0. The SMILES string of the molecule is CCCCCCCCN(C)N(C)C. The number of hydrazine groups is 1. The zero-order chi connectivity index (χ0) is 10.1. The summed E-state index contributed by atoms with van der Waals surface area (Å²) in [5, 5.41) is 4.41. The molecule has 0 atom stereocenters. The van der Waals surface area contributed by atoms with Gasteiger partial charge >= 0.3 is 0 Å². The van der Waals surface area contributed by atoms with Crippen LogP contribution in [-0.4, -0.2) is 37.7 Å². The molecule has 0 unspecified atom stereocenters. The summed E-state index contributed by atoms with van der Waals surface area (Å²) in [6, 6.07) is 0. The first-order chi connectivity index (χ1) is 6.18. The third-order valence-corrected chi connectivity index (χ3v) is 2.52. The van der Waals surface area contributed by atoms with Gasteiger partial charge in [0, 0.05) is 27.7 Å². The third-order valence-electron chi connectivity index (χ3n) is 2.52. The van der Waals surface area contributed by atoms with Crippen LogP contribution in [0.3, 0.4) is 0 Å². The van der Waals surface area contributed by atoms with Crippen LogP contribution in [0.25, 0.3) is 0 Å². The van der Waals surface area contributed by atoms with Crippen LogP contribution in [-0.2, 0) is 0 Å². The fourth-order valence-electron chi connectivity index (χ4n) is 1.32. The van der Waals surface area contributed by atoms with Crippen LogP contribution in [0.1, 0.15) is 45.4 Å². The van der Waals surface area contributed by atoms with E-state index in [2.05, 4.69) is 38.1 Å². The van der Waals surface area contributed by atoms with Crippen molar-refractivity contribution in [2.24, 2.45) is 0 Å². The van der Waals surface area contributed by atoms with Gasteiger partial charge in [0.25, 0.3) is 0 Å². The maximum absolute atomic E-state index is 2.26. The van der Waals surface area contributed by atoms with Gasteiger partial charge < -0.3 is 0 Å². The molecule has 0 heterocycles. The molecule has 0 radical (unpaired) electrons. The Balaban J connectivity index is 3.07. The van der Waals surface area contributed by atoms with Gasteiger partial charge in [-0.3, -0.25) is 0 Å². The molecule has 13 heavy (non-hydrogen) atoms.